The lowest BCUT2D eigenvalue weighted by atomic mass is 10.1. The fraction of sp³-hybridized carbons (Fsp3) is 0.130. The highest BCUT2D eigenvalue weighted by atomic mass is 19.1. The number of benzene rings is 2. The Morgan fingerprint density at radius 3 is 2.32 bits per heavy atom. The first kappa shape index (κ1) is 20.2. The molecule has 8 heteroatoms. The molecule has 0 atom stereocenters. The molecule has 0 spiro atoms. The summed E-state index contributed by atoms with van der Waals surface area (Å²) in [6.45, 7) is 0.353. The van der Waals surface area contributed by atoms with Crippen molar-refractivity contribution in [1.82, 2.24) is 25.3 Å². The number of nitrogens with zero attached hydrogens (tertiary/aromatic N) is 5. The lowest BCUT2D eigenvalue weighted by Crippen LogP contribution is -2.24. The number of amides is 1. The van der Waals surface area contributed by atoms with Crippen LogP contribution in [0.3, 0.4) is 0 Å². The van der Waals surface area contributed by atoms with Crippen molar-refractivity contribution in [2.45, 2.75) is 6.54 Å². The van der Waals surface area contributed by atoms with Crippen LogP contribution in [0.25, 0.3) is 16.9 Å². The van der Waals surface area contributed by atoms with Gasteiger partial charge >= 0.3 is 0 Å². The summed E-state index contributed by atoms with van der Waals surface area (Å²) in [6, 6.07) is 17.3. The number of carbonyl (C=O) groups is 1. The molecule has 2 aromatic carbocycles. The molecule has 0 aliphatic carbocycles. The second kappa shape index (κ2) is 8.74. The first-order chi connectivity index (χ1) is 15.0. The first-order valence-electron chi connectivity index (χ1n) is 9.69. The van der Waals surface area contributed by atoms with Gasteiger partial charge in [0.15, 0.2) is 5.69 Å². The van der Waals surface area contributed by atoms with Crippen molar-refractivity contribution in [2.24, 2.45) is 0 Å². The third-order valence-electron chi connectivity index (χ3n) is 4.82. The number of aromatic nitrogens is 4. The molecule has 0 aliphatic rings. The SMILES string of the molecule is CN(C)c1ccc(CNC(=O)c2nnn(-c3ccc(F)cc3)c2-c2ccncc2)cc1. The van der Waals surface area contributed by atoms with Crippen LogP contribution in [-0.4, -0.2) is 40.0 Å². The Morgan fingerprint density at radius 2 is 1.68 bits per heavy atom. The fourth-order valence-electron chi connectivity index (χ4n) is 3.14. The number of carbonyl (C=O) groups excluding carboxylic acids is 1. The minimum atomic E-state index is -0.354. The molecule has 2 aromatic heterocycles. The molecular weight excluding hydrogens is 395 g/mol. The standard InChI is InChI=1S/C23H21FN6O/c1-29(2)19-7-3-16(4-8-19)15-26-23(31)21-22(17-11-13-25-14-12-17)30(28-27-21)20-9-5-18(24)6-10-20/h3-14H,15H2,1-2H3,(H,26,31). The van der Waals surface area contributed by atoms with Gasteiger partial charge in [-0.1, -0.05) is 17.3 Å². The lowest BCUT2D eigenvalue weighted by Gasteiger charge is -2.13. The molecule has 7 nitrogen and oxygen atoms in total. The van der Waals surface area contributed by atoms with Gasteiger partial charge in [0.2, 0.25) is 0 Å². The molecule has 4 rings (SSSR count). The maximum absolute atomic E-state index is 13.4. The van der Waals surface area contributed by atoms with Crippen LogP contribution in [-0.2, 0) is 6.54 Å². The molecule has 0 aliphatic heterocycles. The molecule has 31 heavy (non-hydrogen) atoms. The molecule has 0 saturated carbocycles. The maximum atomic E-state index is 13.4. The van der Waals surface area contributed by atoms with Gasteiger partial charge < -0.3 is 10.2 Å². The zero-order valence-corrected chi connectivity index (χ0v) is 17.2. The highest BCUT2D eigenvalue weighted by molar-refractivity contribution is 5.98. The monoisotopic (exact) mass is 416 g/mol. The van der Waals surface area contributed by atoms with Crippen LogP contribution in [0, 0.1) is 5.82 Å². The third kappa shape index (κ3) is 4.42. The third-order valence-corrected chi connectivity index (χ3v) is 4.82. The predicted octanol–water partition coefficient (Wildman–Crippen LogP) is 3.46. The topological polar surface area (TPSA) is 75.9 Å². The Hall–Kier alpha value is -4.07. The summed E-state index contributed by atoms with van der Waals surface area (Å²) in [4.78, 5) is 19.0. The number of hydrogen-bond donors (Lipinski definition) is 1. The zero-order chi connectivity index (χ0) is 21.8. The Morgan fingerprint density at radius 1 is 1.00 bits per heavy atom. The van der Waals surface area contributed by atoms with Crippen molar-refractivity contribution in [2.75, 3.05) is 19.0 Å². The van der Waals surface area contributed by atoms with E-state index in [1.54, 1.807) is 36.7 Å². The lowest BCUT2D eigenvalue weighted by molar-refractivity contribution is 0.0946. The first-order valence-corrected chi connectivity index (χ1v) is 9.69. The zero-order valence-electron chi connectivity index (χ0n) is 17.2. The second-order valence-electron chi connectivity index (χ2n) is 7.15. The van der Waals surface area contributed by atoms with Crippen molar-refractivity contribution in [3.05, 3.63) is 90.1 Å². The quantitative estimate of drug-likeness (QED) is 0.521. The molecule has 1 amide bonds. The summed E-state index contributed by atoms with van der Waals surface area (Å²) in [5.74, 6) is -0.704. The van der Waals surface area contributed by atoms with E-state index < -0.39 is 0 Å². The summed E-state index contributed by atoms with van der Waals surface area (Å²) in [5, 5.41) is 11.2. The van der Waals surface area contributed by atoms with E-state index in [1.165, 1.54) is 16.8 Å². The van der Waals surface area contributed by atoms with Crippen LogP contribution in [0.4, 0.5) is 10.1 Å². The number of pyridine rings is 1. The average molecular weight is 416 g/mol. The molecule has 1 N–H and O–H groups in total. The van der Waals surface area contributed by atoms with Crippen molar-refractivity contribution >= 4 is 11.6 Å². The van der Waals surface area contributed by atoms with Crippen molar-refractivity contribution in [3.63, 3.8) is 0 Å². The van der Waals surface area contributed by atoms with E-state index in [0.717, 1.165) is 16.8 Å². The summed E-state index contributed by atoms with van der Waals surface area (Å²) < 4.78 is 14.9. The Bertz CT molecular complexity index is 1170. The summed E-state index contributed by atoms with van der Waals surface area (Å²) in [7, 11) is 3.95. The highest BCUT2D eigenvalue weighted by Crippen LogP contribution is 2.25. The summed E-state index contributed by atoms with van der Waals surface area (Å²) in [5.41, 5.74) is 4.06. The van der Waals surface area contributed by atoms with Crippen LogP contribution >= 0.6 is 0 Å². The molecule has 4 aromatic rings. The Kier molecular flexibility index (Phi) is 5.70. The smallest absolute Gasteiger partial charge is 0.274 e. The van der Waals surface area contributed by atoms with Crippen molar-refractivity contribution in [1.29, 1.82) is 0 Å². The number of anilines is 1. The van der Waals surface area contributed by atoms with Gasteiger partial charge in [-0.2, -0.15) is 0 Å². The minimum absolute atomic E-state index is 0.181. The van der Waals surface area contributed by atoms with Crippen LogP contribution in [0.15, 0.2) is 73.1 Å². The normalized spacial score (nSPS) is 10.7. The van der Waals surface area contributed by atoms with E-state index in [4.69, 9.17) is 0 Å². The van der Waals surface area contributed by atoms with Gasteiger partial charge in [-0.3, -0.25) is 9.78 Å². The molecule has 156 valence electrons. The number of halogens is 1. The fourth-order valence-corrected chi connectivity index (χ4v) is 3.14. The highest BCUT2D eigenvalue weighted by Gasteiger charge is 2.22. The molecule has 0 fully saturated rings. The van der Waals surface area contributed by atoms with Crippen LogP contribution in [0.1, 0.15) is 16.1 Å². The van der Waals surface area contributed by atoms with E-state index in [2.05, 4.69) is 20.6 Å². The second-order valence-corrected chi connectivity index (χ2v) is 7.15. The van der Waals surface area contributed by atoms with Gasteiger partial charge in [0, 0.05) is 44.3 Å². The van der Waals surface area contributed by atoms with E-state index in [0.29, 0.717) is 17.9 Å². The number of rotatable bonds is 6. The Balaban J connectivity index is 1.63. The van der Waals surface area contributed by atoms with Gasteiger partial charge in [-0.15, -0.1) is 5.10 Å². The van der Waals surface area contributed by atoms with Crippen molar-refractivity contribution < 1.29 is 9.18 Å². The number of nitrogens with one attached hydrogen (secondary N) is 1. The van der Waals surface area contributed by atoms with Gasteiger partial charge in [0.1, 0.15) is 11.5 Å². The largest absolute Gasteiger partial charge is 0.378 e. The van der Waals surface area contributed by atoms with Crippen LogP contribution in [0.5, 0.6) is 0 Å². The van der Waals surface area contributed by atoms with Gasteiger partial charge in [0.05, 0.1) is 5.69 Å². The van der Waals surface area contributed by atoms with E-state index in [1.807, 2.05) is 43.3 Å². The van der Waals surface area contributed by atoms with E-state index in [-0.39, 0.29) is 17.4 Å². The molecular formula is C23H21FN6O. The summed E-state index contributed by atoms with van der Waals surface area (Å²) >= 11 is 0. The summed E-state index contributed by atoms with van der Waals surface area (Å²) in [6.07, 6.45) is 3.26. The average Bonchev–Trinajstić information content (AvgIpc) is 3.24. The van der Waals surface area contributed by atoms with Crippen LogP contribution in [0.2, 0.25) is 0 Å². The van der Waals surface area contributed by atoms with Gasteiger partial charge in [-0.05, 0) is 54.1 Å². The van der Waals surface area contributed by atoms with E-state index in [9.17, 15) is 9.18 Å². The van der Waals surface area contributed by atoms with Crippen LogP contribution < -0.4 is 10.2 Å². The van der Waals surface area contributed by atoms with E-state index >= 15 is 0 Å². The van der Waals surface area contributed by atoms with Gasteiger partial charge in [-0.25, -0.2) is 9.07 Å². The molecule has 0 bridgehead atoms. The van der Waals surface area contributed by atoms with Gasteiger partial charge in [0.25, 0.3) is 5.91 Å². The Labute approximate surface area is 179 Å². The minimum Gasteiger partial charge on any atom is -0.378 e. The number of hydrogen-bond acceptors (Lipinski definition) is 5. The molecule has 0 radical (unpaired) electrons. The molecule has 0 saturated heterocycles. The predicted molar refractivity (Wildman–Crippen MR) is 116 cm³/mol. The molecule has 0 unspecified atom stereocenters. The molecule has 2 heterocycles. The van der Waals surface area contributed by atoms with Crippen molar-refractivity contribution in [3.8, 4) is 16.9 Å². The maximum Gasteiger partial charge on any atom is 0.274 e.